The summed E-state index contributed by atoms with van der Waals surface area (Å²) in [6.45, 7) is 8.56. The van der Waals surface area contributed by atoms with Gasteiger partial charge in [-0.1, -0.05) is 30.7 Å². The third kappa shape index (κ3) is 3.37. The zero-order valence-corrected chi connectivity index (χ0v) is 11.7. The topological polar surface area (TPSA) is 26.7 Å². The van der Waals surface area contributed by atoms with Crippen molar-refractivity contribution in [3.63, 3.8) is 0 Å². The lowest BCUT2D eigenvalue weighted by Gasteiger charge is -2.34. The predicted octanol–water partition coefficient (Wildman–Crippen LogP) is 2.57. The fraction of sp³-hybridized carbons (Fsp3) is 0.571. The molecule has 0 aliphatic carbocycles. The van der Waals surface area contributed by atoms with Crippen molar-refractivity contribution in [2.75, 3.05) is 32.7 Å². The number of piperazine rings is 1. The van der Waals surface area contributed by atoms with E-state index in [1.165, 1.54) is 13.0 Å². The molecule has 0 unspecified atom stereocenters. The monoisotopic (exact) mass is 268 g/mol. The summed E-state index contributed by atoms with van der Waals surface area (Å²) in [6, 6.07) is 5.56. The summed E-state index contributed by atoms with van der Waals surface area (Å²) in [7, 11) is 0. The molecule has 3 nitrogen and oxygen atoms in total. The van der Waals surface area contributed by atoms with Crippen molar-refractivity contribution in [2.24, 2.45) is 0 Å². The van der Waals surface area contributed by atoms with Crippen LogP contribution in [0.5, 0.6) is 5.75 Å². The van der Waals surface area contributed by atoms with E-state index in [9.17, 15) is 5.11 Å². The van der Waals surface area contributed by atoms with Crippen LogP contribution in [0.4, 0.5) is 0 Å². The molecule has 4 heteroatoms. The van der Waals surface area contributed by atoms with Crippen LogP contribution in [0.15, 0.2) is 18.2 Å². The second kappa shape index (κ2) is 6.41. The fourth-order valence-electron chi connectivity index (χ4n) is 2.42. The number of nitrogens with zero attached hydrogens (tertiary/aromatic N) is 2. The van der Waals surface area contributed by atoms with Crippen LogP contribution in [-0.2, 0) is 6.54 Å². The van der Waals surface area contributed by atoms with Gasteiger partial charge in [0.1, 0.15) is 5.75 Å². The van der Waals surface area contributed by atoms with Crippen LogP contribution >= 0.6 is 11.6 Å². The summed E-state index contributed by atoms with van der Waals surface area (Å²) in [6.07, 6.45) is 1.22. The lowest BCUT2D eigenvalue weighted by molar-refractivity contribution is 0.126. The van der Waals surface area contributed by atoms with Crippen LogP contribution in [-0.4, -0.2) is 47.6 Å². The van der Waals surface area contributed by atoms with E-state index in [-0.39, 0.29) is 5.75 Å². The Morgan fingerprint density at radius 1 is 1.17 bits per heavy atom. The molecule has 0 atom stereocenters. The smallest absolute Gasteiger partial charge is 0.138 e. The number of para-hydroxylation sites is 1. The van der Waals surface area contributed by atoms with Crippen molar-refractivity contribution >= 4 is 11.6 Å². The number of phenolic OH excluding ortho intramolecular Hbond substituents is 1. The first-order chi connectivity index (χ1) is 8.70. The number of halogens is 1. The molecule has 0 radical (unpaired) electrons. The van der Waals surface area contributed by atoms with Crippen LogP contribution in [0.3, 0.4) is 0 Å². The number of rotatable bonds is 4. The maximum Gasteiger partial charge on any atom is 0.138 e. The Morgan fingerprint density at radius 3 is 2.50 bits per heavy atom. The molecule has 0 aromatic heterocycles. The highest BCUT2D eigenvalue weighted by Crippen LogP contribution is 2.28. The SMILES string of the molecule is CCCN1CCN(Cc2cccc(Cl)c2O)CC1. The first-order valence-corrected chi connectivity index (χ1v) is 6.99. The molecule has 1 fully saturated rings. The Balaban J connectivity index is 1.90. The molecule has 1 aromatic rings. The Kier molecular flexibility index (Phi) is 4.87. The average Bonchev–Trinajstić information content (AvgIpc) is 2.38. The third-order valence-corrected chi connectivity index (χ3v) is 3.77. The van der Waals surface area contributed by atoms with Crippen LogP contribution in [0.25, 0.3) is 0 Å². The molecule has 2 rings (SSSR count). The lowest BCUT2D eigenvalue weighted by Crippen LogP contribution is -2.45. The van der Waals surface area contributed by atoms with Crippen molar-refractivity contribution in [3.05, 3.63) is 28.8 Å². The van der Waals surface area contributed by atoms with Gasteiger partial charge < -0.3 is 10.0 Å². The fourth-order valence-corrected chi connectivity index (χ4v) is 2.61. The van der Waals surface area contributed by atoms with Crippen LogP contribution in [0.1, 0.15) is 18.9 Å². The van der Waals surface area contributed by atoms with Gasteiger partial charge in [-0.3, -0.25) is 4.90 Å². The van der Waals surface area contributed by atoms with Crippen LogP contribution in [0, 0.1) is 0 Å². The van der Waals surface area contributed by atoms with Gasteiger partial charge in [0, 0.05) is 38.3 Å². The highest BCUT2D eigenvalue weighted by molar-refractivity contribution is 6.32. The molecule has 1 aromatic carbocycles. The zero-order valence-electron chi connectivity index (χ0n) is 10.9. The molecular weight excluding hydrogens is 248 g/mol. The normalized spacial score (nSPS) is 18.1. The first kappa shape index (κ1) is 13.7. The van der Waals surface area contributed by atoms with Gasteiger partial charge in [-0.15, -0.1) is 0 Å². The molecule has 0 amide bonds. The van der Waals surface area contributed by atoms with E-state index in [0.717, 1.165) is 38.3 Å². The van der Waals surface area contributed by atoms with E-state index in [1.807, 2.05) is 12.1 Å². The van der Waals surface area contributed by atoms with Crippen molar-refractivity contribution < 1.29 is 5.11 Å². The van der Waals surface area contributed by atoms with E-state index < -0.39 is 0 Å². The van der Waals surface area contributed by atoms with Gasteiger partial charge in [-0.25, -0.2) is 0 Å². The van der Waals surface area contributed by atoms with Crippen LogP contribution < -0.4 is 0 Å². The Bertz CT molecular complexity index is 389. The molecule has 1 saturated heterocycles. The summed E-state index contributed by atoms with van der Waals surface area (Å²) in [5.41, 5.74) is 0.923. The summed E-state index contributed by atoms with van der Waals surface area (Å²) in [5.74, 6) is 0.232. The molecule has 1 N–H and O–H groups in total. The maximum atomic E-state index is 9.90. The van der Waals surface area contributed by atoms with Crippen molar-refractivity contribution in [1.29, 1.82) is 0 Å². The molecule has 1 aliphatic rings. The molecule has 100 valence electrons. The molecule has 0 bridgehead atoms. The highest BCUT2D eigenvalue weighted by Gasteiger charge is 2.17. The third-order valence-electron chi connectivity index (χ3n) is 3.47. The summed E-state index contributed by atoms with van der Waals surface area (Å²) in [5, 5.41) is 10.3. The van der Waals surface area contributed by atoms with Gasteiger partial charge >= 0.3 is 0 Å². The second-order valence-electron chi connectivity index (χ2n) is 4.87. The summed E-state index contributed by atoms with van der Waals surface area (Å²) < 4.78 is 0. The molecule has 0 spiro atoms. The van der Waals surface area contributed by atoms with Gasteiger partial charge in [-0.2, -0.15) is 0 Å². The van der Waals surface area contributed by atoms with Crippen molar-refractivity contribution in [3.8, 4) is 5.75 Å². The Labute approximate surface area is 114 Å². The summed E-state index contributed by atoms with van der Waals surface area (Å²) >= 11 is 5.92. The quantitative estimate of drug-likeness (QED) is 0.909. The number of hydrogen-bond acceptors (Lipinski definition) is 3. The van der Waals surface area contributed by atoms with E-state index >= 15 is 0 Å². The molecule has 1 aliphatic heterocycles. The number of hydrogen-bond donors (Lipinski definition) is 1. The van der Waals surface area contributed by atoms with Gasteiger partial charge in [-0.05, 0) is 19.0 Å². The molecular formula is C14H21ClN2O. The highest BCUT2D eigenvalue weighted by atomic mass is 35.5. The Morgan fingerprint density at radius 2 is 1.83 bits per heavy atom. The maximum absolute atomic E-state index is 9.90. The molecule has 18 heavy (non-hydrogen) atoms. The minimum Gasteiger partial charge on any atom is -0.506 e. The van der Waals surface area contributed by atoms with Crippen molar-refractivity contribution in [2.45, 2.75) is 19.9 Å². The number of benzene rings is 1. The van der Waals surface area contributed by atoms with Gasteiger partial charge in [0.05, 0.1) is 5.02 Å². The second-order valence-corrected chi connectivity index (χ2v) is 5.27. The largest absolute Gasteiger partial charge is 0.506 e. The molecule has 1 heterocycles. The Hall–Kier alpha value is -0.770. The van der Waals surface area contributed by atoms with E-state index in [0.29, 0.717) is 5.02 Å². The minimum absolute atomic E-state index is 0.232. The van der Waals surface area contributed by atoms with Crippen molar-refractivity contribution in [1.82, 2.24) is 9.80 Å². The zero-order chi connectivity index (χ0) is 13.0. The lowest BCUT2D eigenvalue weighted by atomic mass is 10.1. The van der Waals surface area contributed by atoms with E-state index in [1.54, 1.807) is 6.07 Å². The van der Waals surface area contributed by atoms with Gasteiger partial charge in [0.2, 0.25) is 0 Å². The van der Waals surface area contributed by atoms with E-state index in [2.05, 4.69) is 16.7 Å². The van der Waals surface area contributed by atoms with Gasteiger partial charge in [0.15, 0.2) is 0 Å². The summed E-state index contributed by atoms with van der Waals surface area (Å²) in [4.78, 5) is 4.87. The standard InChI is InChI=1S/C14H21ClN2O/c1-2-6-16-7-9-17(10-8-16)11-12-4-3-5-13(15)14(12)18/h3-5,18H,2,6-11H2,1H3. The number of phenols is 1. The number of aromatic hydroxyl groups is 1. The predicted molar refractivity (Wildman–Crippen MR) is 75.1 cm³/mol. The van der Waals surface area contributed by atoms with Gasteiger partial charge in [0.25, 0.3) is 0 Å². The van der Waals surface area contributed by atoms with Crippen LogP contribution in [0.2, 0.25) is 5.02 Å². The first-order valence-electron chi connectivity index (χ1n) is 6.61. The minimum atomic E-state index is 0.232. The average molecular weight is 269 g/mol. The molecule has 0 saturated carbocycles. The van der Waals surface area contributed by atoms with E-state index in [4.69, 9.17) is 11.6 Å².